The molecule has 0 radical (unpaired) electrons. The number of rotatable bonds is 3. The minimum atomic E-state index is -0.825. The van der Waals surface area contributed by atoms with Gasteiger partial charge in [0.05, 0.1) is 6.61 Å². The predicted octanol–water partition coefficient (Wildman–Crippen LogP) is 3.38. The highest BCUT2D eigenvalue weighted by Crippen LogP contribution is 2.21. The molecule has 1 heterocycles. The second-order valence-corrected chi connectivity index (χ2v) is 4.27. The van der Waals surface area contributed by atoms with E-state index in [1.54, 1.807) is 55.6 Å². The smallest absolute Gasteiger partial charge is 0.342 e. The van der Waals surface area contributed by atoms with Crippen molar-refractivity contribution in [1.29, 1.82) is 0 Å². The Balaban J connectivity index is 2.43. The molecular formula is C18H14FNO2. The molecule has 0 N–H and O–H groups in total. The summed E-state index contributed by atoms with van der Waals surface area (Å²) < 4.78 is 19.3. The predicted molar refractivity (Wildman–Crippen MR) is 82.2 cm³/mol. The molecule has 0 bridgehead atoms. The SMILES string of the molecule is CCOC(=O)/C(=C(/F)C#Cc1cccnc1)c1ccccc1. The molecule has 2 aromatic rings. The Hall–Kier alpha value is -2.93. The number of ether oxygens (including phenoxy) is 1. The summed E-state index contributed by atoms with van der Waals surface area (Å²) in [6.07, 6.45) is 3.12. The van der Waals surface area contributed by atoms with E-state index < -0.39 is 11.8 Å². The summed E-state index contributed by atoms with van der Waals surface area (Å²) in [5, 5.41) is 0. The Morgan fingerprint density at radius 2 is 2.00 bits per heavy atom. The summed E-state index contributed by atoms with van der Waals surface area (Å²) in [6, 6.07) is 11.9. The number of pyridine rings is 1. The van der Waals surface area contributed by atoms with Crippen LogP contribution in [0.1, 0.15) is 18.1 Å². The molecule has 110 valence electrons. The van der Waals surface area contributed by atoms with Crippen LogP contribution in [0.3, 0.4) is 0 Å². The van der Waals surface area contributed by atoms with Gasteiger partial charge in [-0.25, -0.2) is 4.79 Å². The van der Waals surface area contributed by atoms with Crippen molar-refractivity contribution < 1.29 is 13.9 Å². The highest BCUT2D eigenvalue weighted by molar-refractivity contribution is 6.17. The zero-order chi connectivity index (χ0) is 15.8. The Morgan fingerprint density at radius 1 is 1.23 bits per heavy atom. The molecule has 2 rings (SSSR count). The van der Waals surface area contributed by atoms with Gasteiger partial charge in [0.1, 0.15) is 5.57 Å². The normalized spacial score (nSPS) is 11.0. The Morgan fingerprint density at radius 3 is 2.64 bits per heavy atom. The molecule has 0 aliphatic heterocycles. The number of hydrogen-bond acceptors (Lipinski definition) is 3. The van der Waals surface area contributed by atoms with E-state index in [2.05, 4.69) is 16.8 Å². The molecule has 0 amide bonds. The highest BCUT2D eigenvalue weighted by Gasteiger charge is 2.18. The van der Waals surface area contributed by atoms with Crippen molar-refractivity contribution in [2.45, 2.75) is 6.92 Å². The number of carbonyl (C=O) groups excluding carboxylic acids is 1. The number of benzene rings is 1. The summed E-state index contributed by atoms with van der Waals surface area (Å²) in [7, 11) is 0. The van der Waals surface area contributed by atoms with E-state index in [9.17, 15) is 9.18 Å². The molecule has 0 saturated heterocycles. The first-order valence-electron chi connectivity index (χ1n) is 6.76. The maximum absolute atomic E-state index is 14.4. The summed E-state index contributed by atoms with van der Waals surface area (Å²) >= 11 is 0. The van der Waals surface area contributed by atoms with Gasteiger partial charge in [0.25, 0.3) is 0 Å². The lowest BCUT2D eigenvalue weighted by Gasteiger charge is -2.06. The number of hydrogen-bond donors (Lipinski definition) is 0. The van der Waals surface area contributed by atoms with Crippen LogP contribution in [0, 0.1) is 11.8 Å². The summed E-state index contributed by atoms with van der Waals surface area (Å²) in [4.78, 5) is 15.9. The van der Waals surface area contributed by atoms with Crippen LogP contribution in [-0.2, 0) is 9.53 Å². The van der Waals surface area contributed by atoms with Crippen molar-refractivity contribution >= 4 is 11.5 Å². The van der Waals surface area contributed by atoms with Gasteiger partial charge in [0.2, 0.25) is 0 Å². The van der Waals surface area contributed by atoms with E-state index in [1.165, 1.54) is 6.20 Å². The van der Waals surface area contributed by atoms with Gasteiger partial charge in [-0.3, -0.25) is 4.98 Å². The molecule has 0 atom stereocenters. The minimum Gasteiger partial charge on any atom is -0.462 e. The molecule has 0 aliphatic rings. The third-order valence-corrected chi connectivity index (χ3v) is 2.74. The number of aromatic nitrogens is 1. The maximum Gasteiger partial charge on any atom is 0.342 e. The molecular weight excluding hydrogens is 281 g/mol. The topological polar surface area (TPSA) is 39.2 Å². The third kappa shape index (κ3) is 4.03. The molecule has 0 saturated carbocycles. The van der Waals surface area contributed by atoms with Gasteiger partial charge in [-0.15, -0.1) is 0 Å². The van der Waals surface area contributed by atoms with Crippen molar-refractivity contribution in [2.24, 2.45) is 0 Å². The highest BCUT2D eigenvalue weighted by atomic mass is 19.1. The number of halogens is 1. The van der Waals surface area contributed by atoms with Crippen LogP contribution >= 0.6 is 0 Å². The Labute approximate surface area is 128 Å². The first-order chi connectivity index (χ1) is 10.7. The zero-order valence-electron chi connectivity index (χ0n) is 12.0. The first-order valence-corrected chi connectivity index (χ1v) is 6.76. The Kier molecular flexibility index (Phi) is 5.44. The number of nitrogens with zero attached hydrogens (tertiary/aromatic N) is 1. The van der Waals surface area contributed by atoms with E-state index in [4.69, 9.17) is 4.74 Å². The van der Waals surface area contributed by atoms with Crippen LogP contribution in [0.4, 0.5) is 4.39 Å². The summed E-state index contributed by atoms with van der Waals surface area (Å²) in [5.41, 5.74) is 0.826. The molecule has 22 heavy (non-hydrogen) atoms. The van der Waals surface area contributed by atoms with Crippen molar-refractivity contribution in [3.63, 3.8) is 0 Å². The fourth-order valence-electron chi connectivity index (χ4n) is 1.77. The van der Waals surface area contributed by atoms with Crippen LogP contribution in [-0.4, -0.2) is 17.6 Å². The van der Waals surface area contributed by atoms with E-state index in [1.807, 2.05) is 0 Å². The molecule has 1 aromatic carbocycles. The van der Waals surface area contributed by atoms with Gasteiger partial charge < -0.3 is 4.74 Å². The zero-order valence-corrected chi connectivity index (χ0v) is 12.0. The average Bonchev–Trinajstić information content (AvgIpc) is 2.55. The van der Waals surface area contributed by atoms with Gasteiger partial charge in [-0.2, -0.15) is 4.39 Å². The number of esters is 1. The van der Waals surface area contributed by atoms with E-state index in [0.717, 1.165) is 0 Å². The molecule has 0 unspecified atom stereocenters. The second kappa shape index (κ2) is 7.75. The largest absolute Gasteiger partial charge is 0.462 e. The van der Waals surface area contributed by atoms with Gasteiger partial charge in [-0.1, -0.05) is 36.3 Å². The molecule has 0 spiro atoms. The standard InChI is InChI=1S/C18H14FNO2/c1-2-22-18(21)17(15-8-4-3-5-9-15)16(19)11-10-14-7-6-12-20-13-14/h3-9,12-13H,2H2,1H3/b17-16+. The maximum atomic E-state index is 14.4. The minimum absolute atomic E-state index is 0.165. The molecule has 0 fully saturated rings. The monoisotopic (exact) mass is 295 g/mol. The Bertz CT molecular complexity index is 728. The van der Waals surface area contributed by atoms with Crippen LogP contribution in [0.5, 0.6) is 0 Å². The average molecular weight is 295 g/mol. The summed E-state index contributed by atoms with van der Waals surface area (Å²) in [5.74, 6) is 3.44. The number of allylic oxidation sites excluding steroid dienone is 1. The lowest BCUT2D eigenvalue weighted by Crippen LogP contribution is -2.08. The fraction of sp³-hybridized carbons (Fsp3) is 0.111. The van der Waals surface area contributed by atoms with Crippen LogP contribution in [0.2, 0.25) is 0 Å². The van der Waals surface area contributed by atoms with Crippen LogP contribution in [0.25, 0.3) is 5.57 Å². The lowest BCUT2D eigenvalue weighted by molar-refractivity contribution is -0.136. The van der Waals surface area contributed by atoms with Crippen molar-refractivity contribution in [3.8, 4) is 11.8 Å². The first kappa shape index (κ1) is 15.5. The fourth-order valence-corrected chi connectivity index (χ4v) is 1.77. The molecule has 1 aromatic heterocycles. The summed E-state index contributed by atoms with van der Waals surface area (Å²) in [6.45, 7) is 1.83. The van der Waals surface area contributed by atoms with E-state index in [0.29, 0.717) is 11.1 Å². The third-order valence-electron chi connectivity index (χ3n) is 2.74. The van der Waals surface area contributed by atoms with E-state index >= 15 is 0 Å². The van der Waals surface area contributed by atoms with E-state index in [-0.39, 0.29) is 12.2 Å². The molecule has 4 heteroatoms. The second-order valence-electron chi connectivity index (χ2n) is 4.27. The van der Waals surface area contributed by atoms with Crippen LogP contribution < -0.4 is 0 Å². The molecule has 3 nitrogen and oxygen atoms in total. The molecule has 0 aliphatic carbocycles. The van der Waals surface area contributed by atoms with Crippen molar-refractivity contribution in [1.82, 2.24) is 4.98 Å². The van der Waals surface area contributed by atoms with Gasteiger partial charge in [-0.05, 0) is 30.5 Å². The van der Waals surface area contributed by atoms with Gasteiger partial charge in [0, 0.05) is 18.0 Å². The van der Waals surface area contributed by atoms with Crippen molar-refractivity contribution in [2.75, 3.05) is 6.61 Å². The van der Waals surface area contributed by atoms with Gasteiger partial charge in [0.15, 0.2) is 5.83 Å². The van der Waals surface area contributed by atoms with Crippen molar-refractivity contribution in [3.05, 3.63) is 71.8 Å². The van der Waals surface area contributed by atoms with Gasteiger partial charge >= 0.3 is 5.97 Å². The lowest BCUT2D eigenvalue weighted by atomic mass is 10.1. The quantitative estimate of drug-likeness (QED) is 0.495. The van der Waals surface area contributed by atoms with Crippen LogP contribution in [0.15, 0.2) is 60.7 Å². The number of carbonyl (C=O) groups is 1.